The van der Waals surface area contributed by atoms with Crippen molar-refractivity contribution in [3.05, 3.63) is 69.9 Å². The number of carbonyl (C=O) groups excluding carboxylic acids is 1. The maximum absolute atomic E-state index is 12.5. The van der Waals surface area contributed by atoms with Gasteiger partial charge >= 0.3 is 0 Å². The molecule has 3 N–H and O–H groups in total. The first-order valence-corrected chi connectivity index (χ1v) is 9.81. The second kappa shape index (κ2) is 8.64. The molecular weight excluding hydrogens is 386 g/mol. The average Bonchev–Trinajstić information content (AvgIpc) is 2.75. The molecule has 4 rings (SSSR count). The van der Waals surface area contributed by atoms with Gasteiger partial charge < -0.3 is 20.0 Å². The van der Waals surface area contributed by atoms with E-state index in [1.807, 2.05) is 24.3 Å². The average molecular weight is 409 g/mol. The number of nitrogens with two attached hydrogens (primary N) is 1. The van der Waals surface area contributed by atoms with Crippen molar-refractivity contribution in [2.75, 3.05) is 26.3 Å². The number of morpholine rings is 1. The highest BCUT2D eigenvalue weighted by Crippen LogP contribution is 2.36. The number of rotatable bonds is 6. The number of pyridine rings is 1. The number of hydrogen-bond donors (Lipinski definition) is 2. The summed E-state index contributed by atoms with van der Waals surface area (Å²) in [7, 11) is 0. The lowest BCUT2D eigenvalue weighted by atomic mass is 9.89. The van der Waals surface area contributed by atoms with E-state index in [0.29, 0.717) is 31.1 Å². The Labute approximate surface area is 172 Å². The van der Waals surface area contributed by atoms with E-state index in [-0.39, 0.29) is 12.2 Å². The van der Waals surface area contributed by atoms with E-state index in [1.165, 1.54) is 6.07 Å². The molecule has 3 aromatic rings. The normalized spacial score (nSPS) is 15.9. The van der Waals surface area contributed by atoms with Crippen molar-refractivity contribution < 1.29 is 19.1 Å². The molecule has 0 spiro atoms. The zero-order valence-corrected chi connectivity index (χ0v) is 16.4. The Morgan fingerprint density at radius 3 is 2.77 bits per heavy atom. The monoisotopic (exact) mass is 409 g/mol. The van der Waals surface area contributed by atoms with Gasteiger partial charge in [-0.25, -0.2) is 0 Å². The summed E-state index contributed by atoms with van der Waals surface area (Å²) in [5.41, 5.74) is 6.40. The Hall–Kier alpha value is -3.23. The lowest BCUT2D eigenvalue weighted by Gasteiger charge is -2.26. The third kappa shape index (κ3) is 4.19. The molecule has 0 radical (unpaired) electrons. The van der Waals surface area contributed by atoms with Crippen LogP contribution < -0.4 is 11.2 Å². The number of carbonyl (C=O) groups is 1. The highest BCUT2D eigenvalue weighted by atomic mass is 16.5. The number of aromatic hydroxyl groups is 1. The zero-order chi connectivity index (χ0) is 21.1. The lowest BCUT2D eigenvalue weighted by Crippen LogP contribution is -2.35. The third-order valence-electron chi connectivity index (χ3n) is 5.26. The second-order valence-electron chi connectivity index (χ2n) is 7.32. The van der Waals surface area contributed by atoms with Gasteiger partial charge in [0.15, 0.2) is 5.76 Å². The molecule has 1 saturated heterocycles. The summed E-state index contributed by atoms with van der Waals surface area (Å²) in [6, 6.07) is 10.5. The molecular formula is C22H23N3O5. The maximum Gasteiger partial charge on any atom is 0.227 e. The van der Waals surface area contributed by atoms with Crippen LogP contribution in [0.5, 0.6) is 5.75 Å². The van der Waals surface area contributed by atoms with Crippen molar-refractivity contribution in [3.8, 4) is 5.75 Å². The van der Waals surface area contributed by atoms with Crippen LogP contribution in [-0.4, -0.2) is 47.2 Å². The van der Waals surface area contributed by atoms with E-state index >= 15 is 0 Å². The van der Waals surface area contributed by atoms with Crippen molar-refractivity contribution in [3.63, 3.8) is 0 Å². The minimum atomic E-state index is -0.715. The SMILES string of the molecule is NC(=O)C[C@H](c1oc(CN2CCOCC2)cc(=O)c1O)c1ccnc2ccccc12. The molecule has 0 bridgehead atoms. The minimum Gasteiger partial charge on any atom is -0.502 e. The molecule has 1 fully saturated rings. The van der Waals surface area contributed by atoms with Gasteiger partial charge in [0, 0.05) is 37.2 Å². The fourth-order valence-electron chi connectivity index (χ4n) is 3.82. The molecule has 1 atom stereocenters. The number of primary amides is 1. The van der Waals surface area contributed by atoms with Crippen molar-refractivity contribution >= 4 is 16.8 Å². The molecule has 30 heavy (non-hydrogen) atoms. The molecule has 0 unspecified atom stereocenters. The smallest absolute Gasteiger partial charge is 0.227 e. The number of aromatic nitrogens is 1. The number of ether oxygens (including phenoxy) is 1. The summed E-state index contributed by atoms with van der Waals surface area (Å²) < 4.78 is 11.4. The molecule has 0 saturated carbocycles. The van der Waals surface area contributed by atoms with Crippen LogP contribution in [-0.2, 0) is 16.1 Å². The second-order valence-corrected chi connectivity index (χ2v) is 7.32. The minimum absolute atomic E-state index is 0.0425. The Balaban J connectivity index is 1.80. The van der Waals surface area contributed by atoms with Gasteiger partial charge in [0.1, 0.15) is 5.76 Å². The van der Waals surface area contributed by atoms with Crippen LogP contribution >= 0.6 is 0 Å². The van der Waals surface area contributed by atoms with Gasteiger partial charge in [-0.2, -0.15) is 0 Å². The Morgan fingerprint density at radius 1 is 1.23 bits per heavy atom. The van der Waals surface area contributed by atoms with Gasteiger partial charge in [0.05, 0.1) is 31.2 Å². The third-order valence-corrected chi connectivity index (χ3v) is 5.26. The summed E-state index contributed by atoms with van der Waals surface area (Å²) in [6.07, 6.45) is 1.50. The molecule has 2 aromatic heterocycles. The summed E-state index contributed by atoms with van der Waals surface area (Å²) in [5, 5.41) is 11.3. The number of nitrogens with zero attached hydrogens (tertiary/aromatic N) is 2. The number of benzene rings is 1. The van der Waals surface area contributed by atoms with E-state index in [9.17, 15) is 14.7 Å². The van der Waals surface area contributed by atoms with Gasteiger partial charge in [-0.15, -0.1) is 0 Å². The van der Waals surface area contributed by atoms with E-state index in [2.05, 4.69) is 9.88 Å². The molecule has 1 amide bonds. The van der Waals surface area contributed by atoms with Crippen LogP contribution in [0.25, 0.3) is 10.9 Å². The number of fused-ring (bicyclic) bond motifs is 1. The number of amides is 1. The highest BCUT2D eigenvalue weighted by molar-refractivity contribution is 5.84. The zero-order valence-electron chi connectivity index (χ0n) is 16.4. The summed E-state index contributed by atoms with van der Waals surface area (Å²) in [5.74, 6) is -1.33. The van der Waals surface area contributed by atoms with Crippen LogP contribution in [0.1, 0.15) is 29.4 Å². The van der Waals surface area contributed by atoms with Crippen LogP contribution in [0, 0.1) is 0 Å². The predicted octanol–water partition coefficient (Wildman–Crippen LogP) is 1.73. The molecule has 0 aliphatic carbocycles. The van der Waals surface area contributed by atoms with Crippen molar-refractivity contribution in [1.82, 2.24) is 9.88 Å². The summed E-state index contributed by atoms with van der Waals surface area (Å²) in [4.78, 5) is 30.8. The first-order chi connectivity index (χ1) is 14.5. The molecule has 8 heteroatoms. The maximum atomic E-state index is 12.5. The van der Waals surface area contributed by atoms with Gasteiger partial charge in [0.2, 0.25) is 17.1 Å². The van der Waals surface area contributed by atoms with Gasteiger partial charge in [0.25, 0.3) is 0 Å². The largest absolute Gasteiger partial charge is 0.502 e. The Kier molecular flexibility index (Phi) is 5.78. The van der Waals surface area contributed by atoms with Crippen molar-refractivity contribution in [2.45, 2.75) is 18.9 Å². The van der Waals surface area contributed by atoms with Crippen molar-refractivity contribution in [1.29, 1.82) is 0 Å². The van der Waals surface area contributed by atoms with Crippen LogP contribution in [0.4, 0.5) is 0 Å². The van der Waals surface area contributed by atoms with E-state index in [0.717, 1.165) is 24.0 Å². The van der Waals surface area contributed by atoms with Gasteiger partial charge in [-0.1, -0.05) is 18.2 Å². The highest BCUT2D eigenvalue weighted by Gasteiger charge is 2.27. The lowest BCUT2D eigenvalue weighted by molar-refractivity contribution is -0.118. The Bertz CT molecular complexity index is 1120. The number of para-hydroxylation sites is 1. The van der Waals surface area contributed by atoms with Crippen LogP contribution in [0.15, 0.2) is 51.8 Å². The standard InChI is InChI=1S/C22H23N3O5/c23-20(27)12-17(15-5-6-24-18-4-2-1-3-16(15)18)22-21(28)19(26)11-14(30-22)13-25-7-9-29-10-8-25/h1-6,11,17,28H,7-10,12-13H2,(H2,23,27)/t17-/m0/s1. The van der Waals surface area contributed by atoms with Gasteiger partial charge in [-0.3, -0.25) is 19.5 Å². The van der Waals surface area contributed by atoms with E-state index < -0.39 is 23.0 Å². The van der Waals surface area contributed by atoms with Crippen LogP contribution in [0.2, 0.25) is 0 Å². The molecule has 1 aromatic carbocycles. The summed E-state index contributed by atoms with van der Waals surface area (Å²) in [6.45, 7) is 3.08. The topological polar surface area (TPSA) is 119 Å². The van der Waals surface area contributed by atoms with Crippen molar-refractivity contribution in [2.24, 2.45) is 5.73 Å². The quantitative estimate of drug-likeness (QED) is 0.636. The first-order valence-electron chi connectivity index (χ1n) is 9.81. The van der Waals surface area contributed by atoms with E-state index in [1.54, 1.807) is 12.3 Å². The predicted molar refractivity (Wildman–Crippen MR) is 110 cm³/mol. The molecule has 8 nitrogen and oxygen atoms in total. The van der Waals surface area contributed by atoms with Gasteiger partial charge in [-0.05, 0) is 17.7 Å². The fourth-order valence-corrected chi connectivity index (χ4v) is 3.82. The van der Waals surface area contributed by atoms with E-state index in [4.69, 9.17) is 14.9 Å². The molecule has 1 aliphatic rings. The molecule has 156 valence electrons. The molecule has 1 aliphatic heterocycles. The fraction of sp³-hybridized carbons (Fsp3) is 0.318. The first kappa shape index (κ1) is 20.1. The summed E-state index contributed by atoms with van der Waals surface area (Å²) >= 11 is 0. The number of hydrogen-bond acceptors (Lipinski definition) is 7. The van der Waals surface area contributed by atoms with Crippen LogP contribution in [0.3, 0.4) is 0 Å². The molecule has 3 heterocycles. The Morgan fingerprint density at radius 2 is 2.00 bits per heavy atom.